The molecule has 7 unspecified atom stereocenters. The van der Waals surface area contributed by atoms with E-state index in [1.807, 2.05) is 44.2 Å². The van der Waals surface area contributed by atoms with Gasteiger partial charge in [-0.2, -0.15) is 0 Å². The molecule has 0 saturated carbocycles. The van der Waals surface area contributed by atoms with Gasteiger partial charge in [-0.3, -0.25) is 19.2 Å². The third-order valence-corrected chi connectivity index (χ3v) is 11.9. The lowest BCUT2D eigenvalue weighted by atomic mass is 10.1. The summed E-state index contributed by atoms with van der Waals surface area (Å²) < 4.78 is 49.1. The molecule has 7 saturated heterocycles. The van der Waals surface area contributed by atoms with Gasteiger partial charge in [-0.15, -0.1) is 0 Å². The summed E-state index contributed by atoms with van der Waals surface area (Å²) in [5.41, 5.74) is 0.893. The predicted molar refractivity (Wildman–Crippen MR) is 297 cm³/mol. The molecule has 7 fully saturated rings. The quantitative estimate of drug-likeness (QED) is 0.0242. The molecule has 7 aliphatic heterocycles. The van der Waals surface area contributed by atoms with Crippen LogP contribution in [0.5, 0.6) is 0 Å². The smallest absolute Gasteiger partial charge is 0.415 e. The third kappa shape index (κ3) is 32.7. The molecule has 0 spiro atoms. The molecule has 7 aliphatic rings. The minimum absolute atomic E-state index is 0.00454. The van der Waals surface area contributed by atoms with E-state index in [0.717, 1.165) is 31.2 Å². The van der Waals surface area contributed by atoms with Gasteiger partial charge in [-0.1, -0.05) is 69.9 Å². The Morgan fingerprint density at radius 2 is 0.714 bits per heavy atom. The summed E-state index contributed by atoms with van der Waals surface area (Å²) in [6.07, 6.45) is 2.67. The van der Waals surface area contributed by atoms with Crippen LogP contribution in [0.1, 0.15) is 130 Å². The van der Waals surface area contributed by atoms with Crippen molar-refractivity contribution in [2.45, 2.75) is 173 Å². The van der Waals surface area contributed by atoms with E-state index in [2.05, 4.69) is 79.8 Å². The summed E-state index contributed by atoms with van der Waals surface area (Å²) in [5, 5.41) is 16.3. The molecule has 0 aliphatic carbocycles. The molecular formula is C55H73N7O29. The summed E-state index contributed by atoms with van der Waals surface area (Å²) in [4.78, 5) is 192. The van der Waals surface area contributed by atoms with Crippen molar-refractivity contribution in [3.8, 4) is 0 Å². The lowest BCUT2D eigenvalue weighted by Gasteiger charge is -2.06. The number of benzene rings is 1. The molecule has 36 nitrogen and oxygen atoms in total. The van der Waals surface area contributed by atoms with Crippen LogP contribution in [0.3, 0.4) is 0 Å². The Morgan fingerprint density at radius 1 is 0.407 bits per heavy atom. The average molecular weight is 1300 g/mol. The molecule has 1 aromatic rings. The first-order chi connectivity index (χ1) is 43.1. The van der Waals surface area contributed by atoms with Gasteiger partial charge in [0, 0.05) is 39.9 Å². The highest BCUT2D eigenvalue weighted by Crippen LogP contribution is 2.13. The molecule has 7 atom stereocenters. The van der Waals surface area contributed by atoms with Crippen molar-refractivity contribution in [1.82, 2.24) is 37.2 Å². The molecule has 91 heavy (non-hydrogen) atoms. The van der Waals surface area contributed by atoms with Gasteiger partial charge in [0.2, 0.25) is 0 Å². The molecule has 0 bridgehead atoms. The van der Waals surface area contributed by atoms with Crippen LogP contribution in [0.15, 0.2) is 30.3 Å². The molecule has 36 heteroatoms. The zero-order valence-corrected chi connectivity index (χ0v) is 50.5. The maximum absolute atomic E-state index is 11.5. The SMILES string of the molecule is CC(=O)CC1NC(=O)OC1=O.CC(=O)CC1NC(=O)OC1=O.CC(=O)OCCCC1NC(=O)OC1=O.CCCCC1NC(=O)OC1=O.CCCCC1NC(=O)OC1=O.COCOCCCC1NC(=O)OC1=O.O=C(CCC1NC(=O)OC1=O)OCc1ccccc1. The molecule has 0 radical (unpaired) electrons. The summed E-state index contributed by atoms with van der Waals surface area (Å²) in [6.45, 7) is 9.23. The summed E-state index contributed by atoms with van der Waals surface area (Å²) >= 11 is 0. The van der Waals surface area contributed by atoms with Crippen molar-refractivity contribution in [3.63, 3.8) is 0 Å². The number of hydrogen-bond acceptors (Lipinski definition) is 29. The van der Waals surface area contributed by atoms with Gasteiger partial charge in [-0.05, 0) is 64.4 Å². The zero-order chi connectivity index (χ0) is 68.0. The molecule has 502 valence electrons. The van der Waals surface area contributed by atoms with Crippen LogP contribution in [-0.4, -0.2) is 177 Å². The van der Waals surface area contributed by atoms with Crippen LogP contribution in [0.4, 0.5) is 33.6 Å². The van der Waals surface area contributed by atoms with Gasteiger partial charge < -0.3 is 89.3 Å². The largest absolute Gasteiger partial charge is 0.466 e. The van der Waals surface area contributed by atoms with Gasteiger partial charge in [0.25, 0.3) is 0 Å². The fourth-order valence-corrected chi connectivity index (χ4v) is 7.47. The minimum atomic E-state index is -0.778. The standard InChI is InChI=1S/C13H13NO5.C8H13NO5.C8H11NO5.2C7H11NO3.2C6H7NO4/c15-11(18-8-9-4-2-1-3-5-9)7-6-10-12(16)19-13(17)14-10;1-12-5-13-4-2-3-6-7(10)14-8(11)9-6;1-5(10)13-4-2-3-6-7(11)14-8(12)9-6;2*1-2-3-4-5-6(9)11-7(10)8-5;2*1-3(8)2-4-5(9)11-6(10)7-4/h1-5,10H,6-8H2,(H,14,17);6H,2-5H2,1H3,(H,9,11);6H,2-4H2,1H3,(H,9,12);2*5H,2-4H2,1H3,(H,8,10);2*4H,2H2,1H3,(H,7,10). The van der Waals surface area contributed by atoms with Crippen LogP contribution in [0.2, 0.25) is 0 Å². The van der Waals surface area contributed by atoms with Crippen LogP contribution in [-0.2, 0) is 111 Å². The van der Waals surface area contributed by atoms with E-state index >= 15 is 0 Å². The number of carbonyl (C=O) groups is 18. The van der Waals surface area contributed by atoms with Crippen LogP contribution in [0, 0.1) is 0 Å². The van der Waals surface area contributed by atoms with E-state index in [4.69, 9.17) is 9.47 Å². The minimum Gasteiger partial charge on any atom is -0.466 e. The Kier molecular flexibility index (Phi) is 35.6. The fraction of sp³-hybridized carbons (Fsp3) is 0.564. The van der Waals surface area contributed by atoms with Crippen molar-refractivity contribution in [3.05, 3.63) is 35.9 Å². The highest BCUT2D eigenvalue weighted by molar-refractivity contribution is 6.00. The number of ether oxygens (including phenoxy) is 11. The van der Waals surface area contributed by atoms with E-state index in [9.17, 15) is 86.3 Å². The molecule has 7 N–H and O–H groups in total. The Bertz CT molecular complexity index is 2690. The fourth-order valence-electron chi connectivity index (χ4n) is 7.47. The maximum atomic E-state index is 11.5. The second-order valence-corrected chi connectivity index (χ2v) is 19.6. The number of rotatable bonds is 25. The maximum Gasteiger partial charge on any atom is 0.415 e. The molecule has 8 rings (SSSR count). The van der Waals surface area contributed by atoms with E-state index < -0.39 is 133 Å². The van der Waals surface area contributed by atoms with E-state index in [-0.39, 0.29) is 63.2 Å². The first-order valence-corrected chi connectivity index (χ1v) is 28.2. The number of amides is 7. The van der Waals surface area contributed by atoms with Gasteiger partial charge in [0.1, 0.15) is 67.3 Å². The number of alkyl carbamates (subject to hydrolysis) is 7. The lowest BCUT2D eigenvalue weighted by molar-refractivity contribution is -0.146. The zero-order valence-electron chi connectivity index (χ0n) is 50.5. The Morgan fingerprint density at radius 3 is 1.00 bits per heavy atom. The second kappa shape index (κ2) is 42.0. The van der Waals surface area contributed by atoms with Gasteiger partial charge in [0.15, 0.2) is 0 Å². The van der Waals surface area contributed by atoms with Crippen molar-refractivity contribution >= 4 is 108 Å². The number of cyclic esters (lactones) is 14. The van der Waals surface area contributed by atoms with E-state index in [0.29, 0.717) is 45.1 Å². The number of carbonyl (C=O) groups excluding carboxylic acids is 18. The van der Waals surface area contributed by atoms with Gasteiger partial charge in [-0.25, -0.2) is 67.1 Å². The summed E-state index contributed by atoms with van der Waals surface area (Å²) in [5.74, 6) is -5.06. The Labute approximate surface area is 518 Å². The summed E-state index contributed by atoms with van der Waals surface area (Å²) in [7, 11) is 1.54. The Balaban J connectivity index is 0.000000365. The molecule has 1 aromatic carbocycles. The van der Waals surface area contributed by atoms with Gasteiger partial charge >= 0.3 is 96.4 Å². The highest BCUT2D eigenvalue weighted by Gasteiger charge is 2.37. The Hall–Kier alpha value is -10.0. The first kappa shape index (κ1) is 77.1. The third-order valence-electron chi connectivity index (χ3n) is 11.9. The predicted octanol–water partition coefficient (Wildman–Crippen LogP) is 1.96. The van der Waals surface area contributed by atoms with Crippen molar-refractivity contribution in [1.29, 1.82) is 0 Å². The van der Waals surface area contributed by atoms with E-state index in [1.54, 1.807) is 0 Å². The van der Waals surface area contributed by atoms with Crippen molar-refractivity contribution in [2.24, 2.45) is 0 Å². The number of hydrogen-bond donors (Lipinski definition) is 7. The lowest BCUT2D eigenvalue weighted by Crippen LogP contribution is -2.30. The first-order valence-electron chi connectivity index (χ1n) is 28.2. The van der Waals surface area contributed by atoms with Gasteiger partial charge in [0.05, 0.1) is 6.61 Å². The van der Waals surface area contributed by atoms with Crippen LogP contribution in [0.25, 0.3) is 0 Å². The molecule has 7 heterocycles. The topological polar surface area (TPSA) is 493 Å². The number of unbranched alkanes of at least 4 members (excludes halogenated alkanes) is 2. The number of nitrogens with one attached hydrogen (secondary N) is 7. The monoisotopic (exact) mass is 1300 g/mol. The molecular weight excluding hydrogens is 1220 g/mol. The van der Waals surface area contributed by atoms with E-state index in [1.165, 1.54) is 27.9 Å². The summed E-state index contributed by atoms with van der Waals surface area (Å²) in [6, 6.07) is 5.05. The van der Waals surface area contributed by atoms with Crippen molar-refractivity contribution in [2.75, 3.05) is 27.1 Å². The number of methoxy groups -OCH3 is 1. The number of esters is 9. The molecule has 0 aromatic heterocycles. The second-order valence-electron chi connectivity index (χ2n) is 19.6. The van der Waals surface area contributed by atoms with Crippen LogP contribution >= 0.6 is 0 Å². The van der Waals surface area contributed by atoms with Crippen LogP contribution < -0.4 is 37.2 Å². The average Bonchev–Trinajstić information content (AvgIpc) is 3.53. The number of ketones is 2. The molecule has 7 amide bonds. The van der Waals surface area contributed by atoms with Crippen molar-refractivity contribution < 1.29 is 138 Å². The normalized spacial score (nSPS) is 21.1. The highest BCUT2D eigenvalue weighted by atomic mass is 16.7. The number of Topliss-reactive ketones (excluding diaryl/α,β-unsaturated/α-hetero) is 2.